The molecule has 1 spiro atoms. The maximum Gasteiger partial charge on any atom is 0.108 e. The van der Waals surface area contributed by atoms with Crippen molar-refractivity contribution in [3.8, 4) is 0 Å². The van der Waals surface area contributed by atoms with Crippen molar-refractivity contribution in [2.24, 2.45) is 10.4 Å². The van der Waals surface area contributed by atoms with E-state index in [0.717, 1.165) is 64.0 Å². The first-order chi connectivity index (χ1) is 12.6. The molecule has 2 aromatic rings. The molecule has 0 radical (unpaired) electrons. The van der Waals surface area contributed by atoms with Crippen LogP contribution in [0.3, 0.4) is 0 Å². The molecule has 2 N–H and O–H groups in total. The molecule has 0 aliphatic carbocycles. The molecular formula is C20H20BrCl2N3. The fourth-order valence-electron chi connectivity index (χ4n) is 3.89. The fraction of sp³-hybridized carbons (Fsp3) is 0.350. The van der Waals surface area contributed by atoms with Gasteiger partial charge in [0.25, 0.3) is 0 Å². The molecule has 0 atom stereocenters. The van der Waals surface area contributed by atoms with Gasteiger partial charge in [0.1, 0.15) is 5.84 Å². The lowest BCUT2D eigenvalue weighted by atomic mass is 9.71. The van der Waals surface area contributed by atoms with Gasteiger partial charge in [-0.1, -0.05) is 35.3 Å². The molecule has 4 rings (SSSR count). The topological polar surface area (TPSA) is 36.4 Å². The van der Waals surface area contributed by atoms with E-state index in [4.69, 9.17) is 28.2 Å². The van der Waals surface area contributed by atoms with E-state index in [2.05, 4.69) is 44.8 Å². The summed E-state index contributed by atoms with van der Waals surface area (Å²) in [6.07, 6.45) is 3.11. The van der Waals surface area contributed by atoms with Crippen molar-refractivity contribution in [1.29, 1.82) is 0 Å². The van der Waals surface area contributed by atoms with E-state index in [0.29, 0.717) is 6.54 Å². The quantitative estimate of drug-likeness (QED) is 0.613. The first-order valence-electron chi connectivity index (χ1n) is 8.81. The molecule has 2 aliphatic heterocycles. The van der Waals surface area contributed by atoms with Crippen LogP contribution in [0.4, 0.5) is 5.69 Å². The molecule has 6 heteroatoms. The number of fused-ring (bicyclic) bond motifs is 1. The molecule has 2 heterocycles. The molecule has 0 saturated carbocycles. The van der Waals surface area contributed by atoms with Gasteiger partial charge in [-0.15, -0.1) is 0 Å². The summed E-state index contributed by atoms with van der Waals surface area (Å²) in [7, 11) is 0. The summed E-state index contributed by atoms with van der Waals surface area (Å²) < 4.78 is 0.904. The van der Waals surface area contributed by atoms with Crippen LogP contribution in [0.25, 0.3) is 0 Å². The smallest absolute Gasteiger partial charge is 0.108 e. The Balaban J connectivity index is 1.70. The minimum Gasteiger partial charge on any atom is -0.343 e. The van der Waals surface area contributed by atoms with Crippen molar-refractivity contribution < 1.29 is 0 Å². The molecule has 0 bridgehead atoms. The van der Waals surface area contributed by atoms with Gasteiger partial charge >= 0.3 is 0 Å². The summed E-state index contributed by atoms with van der Waals surface area (Å²) in [5, 5.41) is 8.59. The molecule has 3 nitrogen and oxygen atoms in total. The summed E-state index contributed by atoms with van der Waals surface area (Å²) in [4.78, 5) is 4.99. The highest BCUT2D eigenvalue weighted by molar-refractivity contribution is 9.10. The first kappa shape index (κ1) is 18.3. The normalized spacial score (nSPS) is 20.0. The SMILES string of the molecule is Clc1cccc(CN=C2Nc3cc(Br)c(Cl)cc3CC23CCNCC3)c1. The predicted molar refractivity (Wildman–Crippen MR) is 114 cm³/mol. The van der Waals surface area contributed by atoms with E-state index in [1.165, 1.54) is 5.56 Å². The Morgan fingerprint density at radius 2 is 1.92 bits per heavy atom. The number of hydrogen-bond donors (Lipinski definition) is 2. The third kappa shape index (κ3) is 3.65. The molecule has 26 heavy (non-hydrogen) atoms. The van der Waals surface area contributed by atoms with E-state index in [9.17, 15) is 0 Å². The zero-order valence-corrected chi connectivity index (χ0v) is 17.4. The van der Waals surface area contributed by atoms with Crippen LogP contribution < -0.4 is 10.6 Å². The van der Waals surface area contributed by atoms with Crippen molar-refractivity contribution in [2.75, 3.05) is 18.4 Å². The molecule has 1 saturated heterocycles. The number of halogens is 3. The molecule has 0 amide bonds. The zero-order valence-electron chi connectivity index (χ0n) is 14.3. The monoisotopic (exact) mass is 451 g/mol. The number of anilines is 1. The van der Waals surface area contributed by atoms with Gasteiger partial charge in [0, 0.05) is 20.6 Å². The van der Waals surface area contributed by atoms with Crippen molar-refractivity contribution in [1.82, 2.24) is 5.32 Å². The van der Waals surface area contributed by atoms with Gasteiger partial charge in [-0.2, -0.15) is 0 Å². The van der Waals surface area contributed by atoms with Crippen LogP contribution in [0.1, 0.15) is 24.0 Å². The van der Waals surface area contributed by atoms with Crippen LogP contribution >= 0.6 is 39.1 Å². The number of benzene rings is 2. The van der Waals surface area contributed by atoms with E-state index in [1.54, 1.807) is 0 Å². The Kier molecular flexibility index (Phi) is 5.29. The first-order valence-corrected chi connectivity index (χ1v) is 10.4. The number of rotatable bonds is 2. The van der Waals surface area contributed by atoms with E-state index in [-0.39, 0.29) is 5.41 Å². The Morgan fingerprint density at radius 1 is 1.12 bits per heavy atom. The second-order valence-electron chi connectivity index (χ2n) is 7.05. The molecule has 0 aromatic heterocycles. The standard InChI is InChI=1S/C20H20BrCl2N3/c21-16-10-18-14(9-17(16)23)11-20(4-6-24-7-5-20)19(26-18)25-12-13-2-1-3-15(22)8-13/h1-3,8-10,24H,4-7,11-12H2,(H,25,26). The second-order valence-corrected chi connectivity index (χ2v) is 8.75. The van der Waals surface area contributed by atoms with Crippen LogP contribution in [0.2, 0.25) is 10.0 Å². The summed E-state index contributed by atoms with van der Waals surface area (Å²) in [5.74, 6) is 1.08. The van der Waals surface area contributed by atoms with Crippen LogP contribution in [0.5, 0.6) is 0 Å². The van der Waals surface area contributed by atoms with Crippen LogP contribution in [0, 0.1) is 5.41 Å². The van der Waals surface area contributed by atoms with E-state index >= 15 is 0 Å². The summed E-state index contributed by atoms with van der Waals surface area (Å²) >= 11 is 16.0. The Labute approximate surface area is 172 Å². The van der Waals surface area contributed by atoms with Gasteiger partial charge in [0.15, 0.2) is 0 Å². The van der Waals surface area contributed by atoms with Gasteiger partial charge in [-0.3, -0.25) is 4.99 Å². The van der Waals surface area contributed by atoms with E-state index < -0.39 is 0 Å². The number of nitrogens with zero attached hydrogens (tertiary/aromatic N) is 1. The predicted octanol–water partition coefficient (Wildman–Crippen LogP) is 5.69. The van der Waals surface area contributed by atoms with E-state index in [1.807, 2.05) is 18.2 Å². The molecule has 2 aliphatic rings. The van der Waals surface area contributed by atoms with Gasteiger partial charge in [0.2, 0.25) is 0 Å². The third-order valence-electron chi connectivity index (χ3n) is 5.30. The number of amidine groups is 1. The molecular weight excluding hydrogens is 433 g/mol. The highest BCUT2D eigenvalue weighted by Gasteiger charge is 2.41. The summed E-state index contributed by atoms with van der Waals surface area (Å²) in [6.45, 7) is 2.65. The molecule has 136 valence electrons. The summed E-state index contributed by atoms with van der Waals surface area (Å²) in [5.41, 5.74) is 3.53. The fourth-order valence-corrected chi connectivity index (χ4v) is 4.63. The average Bonchev–Trinajstić information content (AvgIpc) is 2.62. The Hall–Kier alpha value is -1.07. The van der Waals surface area contributed by atoms with Crippen molar-refractivity contribution in [3.05, 3.63) is 62.0 Å². The van der Waals surface area contributed by atoms with Gasteiger partial charge in [-0.05, 0) is 83.7 Å². The van der Waals surface area contributed by atoms with Crippen molar-refractivity contribution in [2.45, 2.75) is 25.8 Å². The van der Waals surface area contributed by atoms with Gasteiger partial charge in [0.05, 0.1) is 11.6 Å². The minimum atomic E-state index is 0.0496. The Bertz CT molecular complexity index is 860. The molecule has 2 aromatic carbocycles. The average molecular weight is 453 g/mol. The maximum atomic E-state index is 6.34. The lowest BCUT2D eigenvalue weighted by Crippen LogP contribution is -2.48. The highest BCUT2D eigenvalue weighted by Crippen LogP contribution is 2.43. The minimum absolute atomic E-state index is 0.0496. The number of piperidine rings is 1. The largest absolute Gasteiger partial charge is 0.343 e. The van der Waals surface area contributed by atoms with Crippen molar-refractivity contribution >= 4 is 50.7 Å². The van der Waals surface area contributed by atoms with Crippen LogP contribution in [0.15, 0.2) is 45.9 Å². The maximum absolute atomic E-state index is 6.34. The second kappa shape index (κ2) is 7.51. The molecule has 0 unspecified atom stereocenters. The summed E-state index contributed by atoms with van der Waals surface area (Å²) in [6, 6.07) is 12.0. The number of aliphatic imine (C=N–C) groups is 1. The third-order valence-corrected chi connectivity index (χ3v) is 6.73. The zero-order chi connectivity index (χ0) is 18.1. The molecule has 1 fully saturated rings. The highest BCUT2D eigenvalue weighted by atomic mass is 79.9. The van der Waals surface area contributed by atoms with Crippen LogP contribution in [-0.4, -0.2) is 18.9 Å². The lowest BCUT2D eigenvalue weighted by molar-refractivity contribution is 0.293. The Morgan fingerprint density at radius 3 is 2.69 bits per heavy atom. The van der Waals surface area contributed by atoms with Gasteiger partial charge < -0.3 is 10.6 Å². The number of nitrogens with one attached hydrogen (secondary N) is 2. The van der Waals surface area contributed by atoms with Crippen LogP contribution in [-0.2, 0) is 13.0 Å². The number of hydrogen-bond acceptors (Lipinski definition) is 2. The lowest BCUT2D eigenvalue weighted by Gasteiger charge is -2.43. The van der Waals surface area contributed by atoms with Gasteiger partial charge in [-0.25, -0.2) is 0 Å². The van der Waals surface area contributed by atoms with Crippen molar-refractivity contribution in [3.63, 3.8) is 0 Å².